The molecule has 0 aromatic heterocycles. The van der Waals surface area contributed by atoms with Crippen molar-refractivity contribution in [2.45, 2.75) is 38.1 Å². The van der Waals surface area contributed by atoms with Crippen LogP contribution in [0.25, 0.3) is 0 Å². The molecular formula is C11H19N. The zero-order chi connectivity index (χ0) is 8.13. The third kappa shape index (κ3) is 0.834. The first-order valence-corrected chi connectivity index (χ1v) is 5.56. The largest absolute Gasteiger partial charge is 0.303 e. The minimum absolute atomic E-state index is 0.998. The van der Waals surface area contributed by atoms with Crippen molar-refractivity contribution in [3.63, 3.8) is 0 Å². The van der Waals surface area contributed by atoms with Crippen molar-refractivity contribution >= 4 is 0 Å². The molecule has 0 amide bonds. The zero-order valence-corrected chi connectivity index (χ0v) is 8.00. The zero-order valence-electron chi connectivity index (χ0n) is 8.00. The third-order valence-corrected chi connectivity index (χ3v) is 4.60. The van der Waals surface area contributed by atoms with Crippen LogP contribution in [0.2, 0.25) is 0 Å². The van der Waals surface area contributed by atoms with E-state index in [-0.39, 0.29) is 0 Å². The van der Waals surface area contributed by atoms with Crippen LogP contribution >= 0.6 is 0 Å². The van der Waals surface area contributed by atoms with Gasteiger partial charge in [-0.3, -0.25) is 0 Å². The predicted molar refractivity (Wildman–Crippen MR) is 50.0 cm³/mol. The molecule has 3 rings (SSSR count). The van der Waals surface area contributed by atoms with Crippen LogP contribution < -0.4 is 0 Å². The monoisotopic (exact) mass is 165 g/mol. The van der Waals surface area contributed by atoms with Crippen molar-refractivity contribution in [3.05, 3.63) is 0 Å². The van der Waals surface area contributed by atoms with E-state index in [1.807, 2.05) is 0 Å². The van der Waals surface area contributed by atoms with Crippen molar-refractivity contribution in [1.82, 2.24) is 4.90 Å². The number of nitrogens with zero attached hydrogens (tertiary/aromatic N) is 1. The molecule has 68 valence electrons. The lowest BCUT2D eigenvalue weighted by atomic mass is 9.78. The Bertz CT molecular complexity index is 189. The number of piperidine rings is 1. The van der Waals surface area contributed by atoms with E-state index in [4.69, 9.17) is 0 Å². The Morgan fingerprint density at radius 2 is 1.92 bits per heavy atom. The Balaban J connectivity index is 1.86. The molecular weight excluding hydrogens is 146 g/mol. The summed E-state index contributed by atoms with van der Waals surface area (Å²) in [7, 11) is 2.34. The van der Waals surface area contributed by atoms with Gasteiger partial charge in [-0.1, -0.05) is 0 Å². The first-order chi connectivity index (χ1) is 5.86. The second-order valence-electron chi connectivity index (χ2n) is 5.11. The van der Waals surface area contributed by atoms with Gasteiger partial charge in [-0.05, 0) is 63.5 Å². The Morgan fingerprint density at radius 3 is 2.75 bits per heavy atom. The minimum Gasteiger partial charge on any atom is -0.303 e. The van der Waals surface area contributed by atoms with Gasteiger partial charge in [0.25, 0.3) is 0 Å². The van der Waals surface area contributed by atoms with E-state index in [2.05, 4.69) is 11.9 Å². The number of fused-ring (bicyclic) bond motifs is 5. The van der Waals surface area contributed by atoms with Gasteiger partial charge in [-0.15, -0.1) is 0 Å². The smallest absolute Gasteiger partial charge is 0.0151 e. The molecule has 0 radical (unpaired) electrons. The van der Waals surface area contributed by atoms with Gasteiger partial charge in [0, 0.05) is 6.04 Å². The van der Waals surface area contributed by atoms with Gasteiger partial charge >= 0.3 is 0 Å². The number of likely N-dealkylation sites (tertiary alicyclic amines) is 1. The summed E-state index contributed by atoms with van der Waals surface area (Å²) in [4.78, 5) is 2.65. The highest BCUT2D eigenvalue weighted by atomic mass is 15.2. The Labute approximate surface area is 75.1 Å². The van der Waals surface area contributed by atoms with Crippen LogP contribution in [-0.4, -0.2) is 24.5 Å². The topological polar surface area (TPSA) is 3.24 Å². The molecule has 0 aromatic carbocycles. The van der Waals surface area contributed by atoms with Crippen molar-refractivity contribution in [3.8, 4) is 0 Å². The molecule has 1 saturated heterocycles. The summed E-state index contributed by atoms with van der Waals surface area (Å²) in [6.07, 6.45) is 7.66. The van der Waals surface area contributed by atoms with E-state index >= 15 is 0 Å². The SMILES string of the molecule is CN1CCCC2C3CCC(C3)C21. The lowest BCUT2D eigenvalue weighted by Gasteiger charge is -2.41. The first kappa shape index (κ1) is 7.37. The maximum Gasteiger partial charge on any atom is 0.0151 e. The van der Waals surface area contributed by atoms with Crippen LogP contribution in [0.5, 0.6) is 0 Å². The summed E-state index contributed by atoms with van der Waals surface area (Å²) >= 11 is 0. The average Bonchev–Trinajstić information content (AvgIpc) is 2.64. The summed E-state index contributed by atoms with van der Waals surface area (Å²) in [5, 5.41) is 0. The molecule has 1 nitrogen and oxygen atoms in total. The molecule has 2 saturated carbocycles. The van der Waals surface area contributed by atoms with Crippen LogP contribution in [0, 0.1) is 17.8 Å². The van der Waals surface area contributed by atoms with Gasteiger partial charge in [0.2, 0.25) is 0 Å². The van der Waals surface area contributed by atoms with E-state index in [0.29, 0.717) is 0 Å². The molecule has 1 heteroatoms. The molecule has 12 heavy (non-hydrogen) atoms. The molecule has 4 unspecified atom stereocenters. The van der Waals surface area contributed by atoms with E-state index in [9.17, 15) is 0 Å². The van der Waals surface area contributed by atoms with Gasteiger partial charge in [-0.2, -0.15) is 0 Å². The fourth-order valence-electron chi connectivity index (χ4n) is 4.20. The molecule has 1 aliphatic heterocycles. The van der Waals surface area contributed by atoms with Crippen LogP contribution in [0.1, 0.15) is 32.1 Å². The standard InChI is InChI=1S/C11H19N/c1-12-6-2-3-10-8-4-5-9(7-8)11(10)12/h8-11H,2-7H2,1H3. The van der Waals surface area contributed by atoms with Crippen molar-refractivity contribution in [2.75, 3.05) is 13.6 Å². The summed E-state index contributed by atoms with van der Waals surface area (Å²) in [5.41, 5.74) is 0. The molecule has 2 bridgehead atoms. The molecule has 0 aromatic rings. The Morgan fingerprint density at radius 1 is 1.08 bits per heavy atom. The first-order valence-electron chi connectivity index (χ1n) is 5.56. The average molecular weight is 165 g/mol. The van der Waals surface area contributed by atoms with Gasteiger partial charge in [0.15, 0.2) is 0 Å². The van der Waals surface area contributed by atoms with Gasteiger partial charge < -0.3 is 4.90 Å². The van der Waals surface area contributed by atoms with Crippen LogP contribution in [0.15, 0.2) is 0 Å². The van der Waals surface area contributed by atoms with Crippen molar-refractivity contribution < 1.29 is 0 Å². The second-order valence-corrected chi connectivity index (χ2v) is 5.11. The maximum absolute atomic E-state index is 2.65. The lowest BCUT2D eigenvalue weighted by molar-refractivity contribution is 0.0753. The number of rotatable bonds is 0. The summed E-state index contributed by atoms with van der Waals surface area (Å²) in [5.74, 6) is 3.32. The Kier molecular flexibility index (Phi) is 1.52. The van der Waals surface area contributed by atoms with Crippen molar-refractivity contribution in [1.29, 1.82) is 0 Å². The lowest BCUT2D eigenvalue weighted by Crippen LogP contribution is -2.45. The van der Waals surface area contributed by atoms with E-state index in [1.165, 1.54) is 25.8 Å². The normalized spacial score (nSPS) is 52.8. The molecule has 1 heterocycles. The fraction of sp³-hybridized carbons (Fsp3) is 1.00. The molecule has 3 aliphatic rings. The van der Waals surface area contributed by atoms with E-state index in [1.54, 1.807) is 12.8 Å². The molecule has 0 spiro atoms. The second kappa shape index (κ2) is 2.47. The van der Waals surface area contributed by atoms with Crippen molar-refractivity contribution in [2.24, 2.45) is 17.8 Å². The van der Waals surface area contributed by atoms with Gasteiger partial charge in [0.1, 0.15) is 0 Å². The molecule has 3 fully saturated rings. The Hall–Kier alpha value is -0.0400. The van der Waals surface area contributed by atoms with Gasteiger partial charge in [0.05, 0.1) is 0 Å². The molecule has 2 aliphatic carbocycles. The quantitative estimate of drug-likeness (QED) is 0.531. The minimum atomic E-state index is 0.998. The van der Waals surface area contributed by atoms with Gasteiger partial charge in [-0.25, -0.2) is 0 Å². The van der Waals surface area contributed by atoms with Crippen LogP contribution in [0.3, 0.4) is 0 Å². The van der Waals surface area contributed by atoms with E-state index < -0.39 is 0 Å². The molecule has 4 atom stereocenters. The highest BCUT2D eigenvalue weighted by Crippen LogP contribution is 2.53. The van der Waals surface area contributed by atoms with E-state index in [0.717, 1.165) is 23.8 Å². The maximum atomic E-state index is 2.65. The third-order valence-electron chi connectivity index (χ3n) is 4.60. The van der Waals surface area contributed by atoms with Crippen LogP contribution in [-0.2, 0) is 0 Å². The fourth-order valence-corrected chi connectivity index (χ4v) is 4.20. The number of hydrogen-bond acceptors (Lipinski definition) is 1. The number of hydrogen-bond donors (Lipinski definition) is 0. The highest BCUT2D eigenvalue weighted by molar-refractivity contribution is 5.02. The summed E-state index contributed by atoms with van der Waals surface area (Å²) in [6.45, 7) is 1.37. The van der Waals surface area contributed by atoms with Crippen LogP contribution in [0.4, 0.5) is 0 Å². The molecule has 0 N–H and O–H groups in total. The summed E-state index contributed by atoms with van der Waals surface area (Å²) < 4.78 is 0. The summed E-state index contributed by atoms with van der Waals surface area (Å²) in [6, 6.07) is 0.998. The predicted octanol–water partition coefficient (Wildman–Crippen LogP) is 2.13. The highest BCUT2D eigenvalue weighted by Gasteiger charge is 2.49.